The second-order valence-electron chi connectivity index (χ2n) is 4.06. The van der Waals surface area contributed by atoms with Crippen LogP contribution in [0.3, 0.4) is 0 Å². The van der Waals surface area contributed by atoms with E-state index in [-0.39, 0.29) is 29.7 Å². The quantitative estimate of drug-likeness (QED) is 0.459. The average molecular weight is 280 g/mol. The Morgan fingerprint density at radius 1 is 1.55 bits per heavy atom. The van der Waals surface area contributed by atoms with Gasteiger partial charge in [-0.1, -0.05) is 0 Å². The first kappa shape index (κ1) is 13.7. The van der Waals surface area contributed by atoms with Gasteiger partial charge < -0.3 is 15.0 Å². The molecule has 0 radical (unpaired) electrons. The van der Waals surface area contributed by atoms with E-state index in [1.807, 2.05) is 0 Å². The van der Waals surface area contributed by atoms with Crippen LogP contribution in [0.2, 0.25) is 0 Å². The van der Waals surface area contributed by atoms with Gasteiger partial charge in [-0.2, -0.15) is 0 Å². The minimum Gasteiger partial charge on any atom is -0.464 e. The summed E-state index contributed by atoms with van der Waals surface area (Å²) in [6, 6.07) is 2.40. The van der Waals surface area contributed by atoms with Crippen molar-refractivity contribution in [2.24, 2.45) is 0 Å². The summed E-state index contributed by atoms with van der Waals surface area (Å²) in [5, 5.41) is 13.6. The number of hydrogen-bond acceptors (Lipinski definition) is 7. The van der Waals surface area contributed by atoms with E-state index in [1.165, 1.54) is 24.1 Å². The van der Waals surface area contributed by atoms with Crippen LogP contribution in [0.25, 0.3) is 0 Å². The van der Waals surface area contributed by atoms with Crippen LogP contribution in [0.15, 0.2) is 12.1 Å². The first-order valence-corrected chi connectivity index (χ1v) is 5.78. The van der Waals surface area contributed by atoms with Crippen molar-refractivity contribution < 1.29 is 19.2 Å². The summed E-state index contributed by atoms with van der Waals surface area (Å²) in [6.07, 6.45) is 0. The maximum Gasteiger partial charge on any atom is 0.356 e. The molecule has 0 aromatic carbocycles. The molecule has 1 aromatic rings. The molecule has 0 saturated carbocycles. The van der Waals surface area contributed by atoms with Crippen molar-refractivity contribution in [2.45, 2.75) is 0 Å². The van der Waals surface area contributed by atoms with Crippen molar-refractivity contribution in [3.05, 3.63) is 27.9 Å². The van der Waals surface area contributed by atoms with E-state index in [0.29, 0.717) is 13.1 Å². The molecule has 0 bridgehead atoms. The van der Waals surface area contributed by atoms with E-state index in [9.17, 15) is 19.7 Å². The number of amides is 1. The fourth-order valence-electron chi connectivity index (χ4n) is 1.85. The number of pyridine rings is 1. The zero-order valence-electron chi connectivity index (χ0n) is 10.7. The predicted molar refractivity (Wildman–Crippen MR) is 67.5 cm³/mol. The van der Waals surface area contributed by atoms with Crippen molar-refractivity contribution in [1.29, 1.82) is 0 Å². The van der Waals surface area contributed by atoms with Gasteiger partial charge in [0.2, 0.25) is 11.7 Å². The number of nitrogens with zero attached hydrogens (tertiary/aromatic N) is 3. The average Bonchev–Trinajstić information content (AvgIpc) is 2.45. The monoisotopic (exact) mass is 280 g/mol. The Hall–Kier alpha value is -2.71. The molecule has 0 atom stereocenters. The van der Waals surface area contributed by atoms with Crippen molar-refractivity contribution in [1.82, 2.24) is 10.3 Å². The van der Waals surface area contributed by atoms with Gasteiger partial charge in [-0.05, 0) is 6.07 Å². The van der Waals surface area contributed by atoms with Gasteiger partial charge in [0.05, 0.1) is 18.6 Å². The standard InChI is InChI=1S/C11H12N4O5/c1-20-11(17)7-2-3-8(15(18)19)10(13-7)14-5-4-12-9(16)6-14/h2-3H,4-6H2,1H3,(H,12,16). The Labute approximate surface area is 113 Å². The third-order valence-electron chi connectivity index (χ3n) is 2.78. The van der Waals surface area contributed by atoms with Crippen LogP contribution in [0.1, 0.15) is 10.5 Å². The molecule has 1 saturated heterocycles. The second-order valence-corrected chi connectivity index (χ2v) is 4.06. The summed E-state index contributed by atoms with van der Waals surface area (Å²) in [5.41, 5.74) is -0.300. The molecule has 1 aliphatic heterocycles. The summed E-state index contributed by atoms with van der Waals surface area (Å²) in [7, 11) is 1.19. The number of hydrogen-bond donors (Lipinski definition) is 1. The molecule has 9 nitrogen and oxygen atoms in total. The number of methoxy groups -OCH3 is 1. The maximum atomic E-state index is 11.4. The summed E-state index contributed by atoms with van der Waals surface area (Å²) < 4.78 is 4.53. The number of esters is 1. The van der Waals surface area contributed by atoms with Crippen molar-refractivity contribution in [2.75, 3.05) is 31.6 Å². The molecular formula is C11H12N4O5. The summed E-state index contributed by atoms with van der Waals surface area (Å²) >= 11 is 0. The number of rotatable bonds is 3. The molecule has 2 heterocycles. The number of piperazine rings is 1. The van der Waals surface area contributed by atoms with E-state index in [0.717, 1.165) is 0 Å². The van der Waals surface area contributed by atoms with Gasteiger partial charge in [0, 0.05) is 19.2 Å². The first-order chi connectivity index (χ1) is 9.52. The Morgan fingerprint density at radius 2 is 2.30 bits per heavy atom. The highest BCUT2D eigenvalue weighted by Gasteiger charge is 2.27. The lowest BCUT2D eigenvalue weighted by atomic mass is 10.2. The zero-order chi connectivity index (χ0) is 14.7. The Morgan fingerprint density at radius 3 is 2.90 bits per heavy atom. The second kappa shape index (κ2) is 5.51. The van der Waals surface area contributed by atoms with Crippen LogP contribution in [0, 0.1) is 10.1 Å². The summed E-state index contributed by atoms with van der Waals surface area (Å²) in [5.74, 6) is -0.953. The van der Waals surface area contributed by atoms with Crippen molar-refractivity contribution >= 4 is 23.4 Å². The molecule has 2 rings (SSSR count). The van der Waals surface area contributed by atoms with E-state index < -0.39 is 10.9 Å². The van der Waals surface area contributed by atoms with Crippen LogP contribution in [0.4, 0.5) is 11.5 Å². The molecule has 1 amide bonds. The van der Waals surface area contributed by atoms with Crippen LogP contribution >= 0.6 is 0 Å². The summed E-state index contributed by atoms with van der Waals surface area (Å²) in [6.45, 7) is 0.697. The third-order valence-corrected chi connectivity index (χ3v) is 2.78. The van der Waals surface area contributed by atoms with Gasteiger partial charge >= 0.3 is 11.7 Å². The van der Waals surface area contributed by atoms with E-state index in [4.69, 9.17) is 0 Å². The molecular weight excluding hydrogens is 268 g/mol. The lowest BCUT2D eigenvalue weighted by molar-refractivity contribution is -0.384. The number of nitro groups is 1. The van der Waals surface area contributed by atoms with Gasteiger partial charge in [0.25, 0.3) is 0 Å². The Balaban J connectivity index is 2.43. The largest absolute Gasteiger partial charge is 0.464 e. The molecule has 1 N–H and O–H groups in total. The lowest BCUT2D eigenvalue weighted by Gasteiger charge is -2.27. The lowest BCUT2D eigenvalue weighted by Crippen LogP contribution is -2.48. The van der Waals surface area contributed by atoms with Crippen molar-refractivity contribution in [3.8, 4) is 0 Å². The SMILES string of the molecule is COC(=O)c1ccc([N+](=O)[O-])c(N2CCNC(=O)C2)n1. The molecule has 9 heteroatoms. The molecule has 1 fully saturated rings. The molecule has 0 spiro atoms. The van der Waals surface area contributed by atoms with Crippen LogP contribution in [-0.2, 0) is 9.53 Å². The van der Waals surface area contributed by atoms with Gasteiger partial charge in [0.15, 0.2) is 5.69 Å². The molecule has 20 heavy (non-hydrogen) atoms. The number of carbonyl (C=O) groups is 2. The fourth-order valence-corrected chi connectivity index (χ4v) is 1.85. The summed E-state index contributed by atoms with van der Waals surface area (Å²) in [4.78, 5) is 38.6. The van der Waals surface area contributed by atoms with Gasteiger partial charge in [-0.25, -0.2) is 9.78 Å². The maximum absolute atomic E-state index is 11.4. The Bertz CT molecular complexity index is 574. The van der Waals surface area contributed by atoms with Crippen LogP contribution in [0.5, 0.6) is 0 Å². The minimum absolute atomic E-state index is 0.00671. The fraction of sp³-hybridized carbons (Fsp3) is 0.364. The molecule has 0 unspecified atom stereocenters. The Kier molecular flexibility index (Phi) is 3.78. The zero-order valence-corrected chi connectivity index (χ0v) is 10.7. The number of aromatic nitrogens is 1. The van der Waals surface area contributed by atoms with Gasteiger partial charge in [-0.15, -0.1) is 0 Å². The van der Waals surface area contributed by atoms with Gasteiger partial charge in [-0.3, -0.25) is 14.9 Å². The highest BCUT2D eigenvalue weighted by molar-refractivity contribution is 5.89. The van der Waals surface area contributed by atoms with Gasteiger partial charge in [0.1, 0.15) is 0 Å². The topological polar surface area (TPSA) is 115 Å². The highest BCUT2D eigenvalue weighted by Crippen LogP contribution is 2.26. The highest BCUT2D eigenvalue weighted by atomic mass is 16.6. The minimum atomic E-state index is -0.692. The molecule has 106 valence electrons. The number of ether oxygens (including phenoxy) is 1. The number of anilines is 1. The van der Waals surface area contributed by atoms with E-state index >= 15 is 0 Å². The number of carbonyl (C=O) groups excluding carboxylic acids is 2. The van der Waals surface area contributed by atoms with Crippen LogP contribution < -0.4 is 10.2 Å². The predicted octanol–water partition coefficient (Wildman–Crippen LogP) is -0.287. The normalized spacial score (nSPS) is 14.7. The van der Waals surface area contributed by atoms with Crippen molar-refractivity contribution in [3.63, 3.8) is 0 Å². The first-order valence-electron chi connectivity index (χ1n) is 5.78. The molecule has 1 aliphatic rings. The van der Waals surface area contributed by atoms with Crippen LogP contribution in [-0.4, -0.2) is 48.5 Å². The van der Waals surface area contributed by atoms with E-state index in [2.05, 4.69) is 15.0 Å². The van der Waals surface area contributed by atoms with E-state index in [1.54, 1.807) is 0 Å². The smallest absolute Gasteiger partial charge is 0.356 e. The molecule has 1 aromatic heterocycles. The number of nitrogens with one attached hydrogen (secondary N) is 1. The molecule has 0 aliphatic carbocycles. The third kappa shape index (κ3) is 2.66.